The third-order valence-electron chi connectivity index (χ3n) is 5.04. The fourth-order valence-corrected chi connectivity index (χ4v) is 4.13. The predicted octanol–water partition coefficient (Wildman–Crippen LogP) is 4.08. The zero-order valence-electron chi connectivity index (χ0n) is 20.5. The van der Waals surface area contributed by atoms with Crippen molar-refractivity contribution in [3.05, 3.63) is 78.6 Å². The minimum atomic E-state index is -1.50. The summed E-state index contributed by atoms with van der Waals surface area (Å²) in [5.41, 5.74) is 1.08. The summed E-state index contributed by atoms with van der Waals surface area (Å²) >= 11 is 0. The maximum absolute atomic E-state index is 13.1. The molecule has 1 atom stereocenters. The second kappa shape index (κ2) is 13.3. The highest BCUT2D eigenvalue weighted by Crippen LogP contribution is 2.40. The van der Waals surface area contributed by atoms with Gasteiger partial charge in [-0.2, -0.15) is 4.98 Å². The van der Waals surface area contributed by atoms with Gasteiger partial charge in [-0.05, 0) is 30.2 Å². The number of methoxy groups -OCH3 is 2. The van der Waals surface area contributed by atoms with Gasteiger partial charge in [-0.1, -0.05) is 42.5 Å². The molecule has 2 heterocycles. The Morgan fingerprint density at radius 3 is 2.30 bits per heavy atom. The number of ether oxygens (including phenoxy) is 4. The zero-order valence-corrected chi connectivity index (χ0v) is 21.3. The predicted molar refractivity (Wildman–Crippen MR) is 140 cm³/mol. The van der Waals surface area contributed by atoms with Crippen LogP contribution in [0.5, 0.6) is 23.1 Å². The third-order valence-corrected chi connectivity index (χ3v) is 6.03. The standard InChI is InChI=1S/C26H27N5O5S/c1-33-16-17-35-26-22(36-21-12-7-6-11-20(21)34-2)23(29-25(30-26)24-27-14-8-15-28-24)31-37(32)18-13-19-9-4-3-5-10-19/h3-12,14-15H,13,16-18H2,1-2H3,(H,29,30,31). The largest absolute Gasteiger partial charge is 0.493 e. The SMILES string of the molecule is COCCOc1nc(-c2ncccn2)nc(NS(=O)CCc2ccccc2)c1Oc1ccccc1OC. The molecule has 0 saturated carbocycles. The number of aromatic nitrogens is 4. The van der Waals surface area contributed by atoms with Crippen molar-refractivity contribution in [2.24, 2.45) is 0 Å². The van der Waals surface area contributed by atoms with Gasteiger partial charge in [0.15, 0.2) is 23.1 Å². The zero-order chi connectivity index (χ0) is 25.9. The molecule has 0 aliphatic heterocycles. The molecule has 37 heavy (non-hydrogen) atoms. The molecule has 4 aromatic rings. The van der Waals surface area contributed by atoms with Gasteiger partial charge < -0.3 is 18.9 Å². The lowest BCUT2D eigenvalue weighted by atomic mass is 10.2. The lowest BCUT2D eigenvalue weighted by Crippen LogP contribution is -2.15. The lowest BCUT2D eigenvalue weighted by Gasteiger charge is -2.17. The monoisotopic (exact) mass is 521 g/mol. The van der Waals surface area contributed by atoms with Crippen LogP contribution in [0.2, 0.25) is 0 Å². The molecule has 192 valence electrons. The van der Waals surface area contributed by atoms with E-state index in [1.165, 1.54) is 0 Å². The first-order chi connectivity index (χ1) is 18.2. The van der Waals surface area contributed by atoms with Gasteiger partial charge in [0.05, 0.1) is 13.7 Å². The van der Waals surface area contributed by atoms with E-state index in [2.05, 4.69) is 24.7 Å². The average Bonchev–Trinajstić information content (AvgIpc) is 2.94. The molecule has 0 amide bonds. The molecular weight excluding hydrogens is 494 g/mol. The van der Waals surface area contributed by atoms with Gasteiger partial charge in [0.2, 0.25) is 11.6 Å². The van der Waals surface area contributed by atoms with E-state index in [1.807, 2.05) is 42.5 Å². The minimum Gasteiger partial charge on any atom is -0.493 e. The van der Waals surface area contributed by atoms with Crippen molar-refractivity contribution in [3.8, 4) is 34.8 Å². The number of nitrogens with one attached hydrogen (secondary N) is 1. The van der Waals surface area contributed by atoms with E-state index < -0.39 is 11.0 Å². The Labute approximate surface area is 217 Å². The molecule has 11 heteroatoms. The fraction of sp³-hybridized carbons (Fsp3) is 0.231. The summed E-state index contributed by atoms with van der Waals surface area (Å²) in [5, 5.41) is 0. The van der Waals surface area contributed by atoms with Gasteiger partial charge in [-0.3, -0.25) is 4.72 Å². The average molecular weight is 522 g/mol. The molecule has 0 aliphatic carbocycles. The van der Waals surface area contributed by atoms with Crippen molar-refractivity contribution in [1.29, 1.82) is 0 Å². The Morgan fingerprint density at radius 1 is 0.838 bits per heavy atom. The molecule has 4 rings (SSSR count). The minimum absolute atomic E-state index is 0.114. The lowest BCUT2D eigenvalue weighted by molar-refractivity contribution is 0.142. The van der Waals surface area contributed by atoms with E-state index in [4.69, 9.17) is 18.9 Å². The molecule has 0 aliphatic rings. The number of benzene rings is 2. The van der Waals surface area contributed by atoms with Crippen LogP contribution in [0.3, 0.4) is 0 Å². The highest BCUT2D eigenvalue weighted by molar-refractivity contribution is 7.86. The Kier molecular flexibility index (Phi) is 9.33. The smallest absolute Gasteiger partial charge is 0.263 e. The van der Waals surface area contributed by atoms with Crippen LogP contribution in [0.25, 0.3) is 11.6 Å². The first-order valence-corrected chi connectivity index (χ1v) is 12.8. The summed E-state index contributed by atoms with van der Waals surface area (Å²) in [5.74, 6) is 2.14. The first kappa shape index (κ1) is 26.0. The van der Waals surface area contributed by atoms with Crippen LogP contribution in [0, 0.1) is 0 Å². The number of nitrogens with zero attached hydrogens (tertiary/aromatic N) is 4. The molecule has 1 N–H and O–H groups in total. The Balaban J connectivity index is 1.72. The molecule has 1 unspecified atom stereocenters. The van der Waals surface area contributed by atoms with Gasteiger partial charge in [0, 0.05) is 25.3 Å². The van der Waals surface area contributed by atoms with E-state index in [9.17, 15) is 4.21 Å². The van der Waals surface area contributed by atoms with Crippen molar-refractivity contribution >= 4 is 16.8 Å². The molecule has 2 aromatic carbocycles. The van der Waals surface area contributed by atoms with E-state index in [1.54, 1.807) is 44.8 Å². The van der Waals surface area contributed by atoms with Crippen molar-refractivity contribution in [2.75, 3.05) is 37.9 Å². The first-order valence-electron chi connectivity index (χ1n) is 11.5. The Bertz CT molecular complexity index is 1310. The molecular formula is C26H27N5O5S. The van der Waals surface area contributed by atoms with Crippen molar-refractivity contribution in [3.63, 3.8) is 0 Å². The summed E-state index contributed by atoms with van der Waals surface area (Å²) in [6.45, 7) is 0.516. The van der Waals surface area contributed by atoms with Gasteiger partial charge in [-0.25, -0.2) is 19.2 Å². The molecule has 2 aromatic heterocycles. The number of para-hydroxylation sites is 2. The van der Waals surface area contributed by atoms with Crippen LogP contribution >= 0.6 is 0 Å². The summed E-state index contributed by atoms with van der Waals surface area (Å²) in [7, 11) is 1.62. The normalized spacial score (nSPS) is 11.5. The Hall–Kier alpha value is -4.09. The Morgan fingerprint density at radius 2 is 1.57 bits per heavy atom. The molecule has 0 spiro atoms. The second-order valence-electron chi connectivity index (χ2n) is 7.58. The number of rotatable bonds is 13. The van der Waals surface area contributed by atoms with Crippen LogP contribution in [0.1, 0.15) is 5.56 Å². The summed E-state index contributed by atoms with van der Waals surface area (Å²) in [6, 6.07) is 18.6. The van der Waals surface area contributed by atoms with Crippen molar-refractivity contribution in [2.45, 2.75) is 6.42 Å². The third kappa shape index (κ3) is 7.21. The summed E-state index contributed by atoms with van der Waals surface area (Å²) < 4.78 is 38.7. The second-order valence-corrected chi connectivity index (χ2v) is 8.89. The molecule has 0 fully saturated rings. The molecule has 0 bridgehead atoms. The quantitative estimate of drug-likeness (QED) is 0.260. The fourth-order valence-electron chi connectivity index (χ4n) is 3.25. The van der Waals surface area contributed by atoms with Crippen molar-refractivity contribution in [1.82, 2.24) is 19.9 Å². The van der Waals surface area contributed by atoms with Crippen LogP contribution in [-0.4, -0.2) is 57.3 Å². The van der Waals surface area contributed by atoms with Gasteiger partial charge >= 0.3 is 0 Å². The van der Waals surface area contributed by atoms with Crippen LogP contribution in [0.15, 0.2) is 73.1 Å². The molecule has 0 saturated heterocycles. The number of aryl methyl sites for hydroxylation is 1. The summed E-state index contributed by atoms with van der Waals surface area (Å²) in [4.78, 5) is 17.6. The van der Waals surface area contributed by atoms with Crippen LogP contribution in [0.4, 0.5) is 5.82 Å². The van der Waals surface area contributed by atoms with E-state index in [0.717, 1.165) is 5.56 Å². The van der Waals surface area contributed by atoms with Gasteiger partial charge in [0.1, 0.15) is 17.6 Å². The molecule has 0 radical (unpaired) electrons. The van der Waals surface area contributed by atoms with E-state index in [-0.39, 0.29) is 35.7 Å². The van der Waals surface area contributed by atoms with Crippen LogP contribution in [-0.2, 0) is 22.1 Å². The topological polar surface area (TPSA) is 118 Å². The highest BCUT2D eigenvalue weighted by atomic mass is 32.2. The highest BCUT2D eigenvalue weighted by Gasteiger charge is 2.23. The summed E-state index contributed by atoms with van der Waals surface area (Å²) in [6.07, 6.45) is 3.78. The van der Waals surface area contributed by atoms with Crippen LogP contribution < -0.4 is 18.9 Å². The number of hydrogen-bond donors (Lipinski definition) is 1. The maximum Gasteiger partial charge on any atom is 0.263 e. The number of anilines is 1. The number of hydrogen-bond acceptors (Lipinski definition) is 9. The van der Waals surface area contributed by atoms with Gasteiger partial charge in [0.25, 0.3) is 5.88 Å². The maximum atomic E-state index is 13.1. The van der Waals surface area contributed by atoms with E-state index in [0.29, 0.717) is 30.3 Å². The van der Waals surface area contributed by atoms with Crippen molar-refractivity contribution < 1.29 is 23.2 Å². The molecule has 10 nitrogen and oxygen atoms in total. The van der Waals surface area contributed by atoms with Gasteiger partial charge in [-0.15, -0.1) is 0 Å². The van der Waals surface area contributed by atoms with E-state index >= 15 is 0 Å².